The lowest BCUT2D eigenvalue weighted by atomic mass is 9.87. The molecule has 0 aromatic heterocycles. The molecule has 1 unspecified atom stereocenters. The Morgan fingerprint density at radius 1 is 1.35 bits per heavy atom. The van der Waals surface area contributed by atoms with E-state index in [0.29, 0.717) is 12.0 Å². The fourth-order valence-corrected chi connectivity index (χ4v) is 2.06. The van der Waals surface area contributed by atoms with Gasteiger partial charge in [-0.1, -0.05) is 24.3 Å². The Balaban J connectivity index is 2.53. The fourth-order valence-electron chi connectivity index (χ4n) is 2.06. The zero-order chi connectivity index (χ0) is 12.7. The van der Waals surface area contributed by atoms with Gasteiger partial charge in [0.1, 0.15) is 0 Å². The van der Waals surface area contributed by atoms with E-state index in [1.165, 1.54) is 13.2 Å². The van der Waals surface area contributed by atoms with Crippen LogP contribution in [0.2, 0.25) is 0 Å². The molecule has 0 amide bonds. The largest absolute Gasteiger partial charge is 0.421 e. The van der Waals surface area contributed by atoms with Crippen LogP contribution in [0.4, 0.5) is 13.2 Å². The summed E-state index contributed by atoms with van der Waals surface area (Å²) in [7, 11) is 1.34. The number of rotatable bonds is 1. The van der Waals surface area contributed by atoms with Gasteiger partial charge in [0.2, 0.25) is 0 Å². The van der Waals surface area contributed by atoms with Gasteiger partial charge in [-0.25, -0.2) is 0 Å². The van der Waals surface area contributed by atoms with Gasteiger partial charge in [0.05, 0.1) is 0 Å². The smallest absolute Gasteiger partial charge is 0.355 e. The van der Waals surface area contributed by atoms with Crippen LogP contribution in [0.15, 0.2) is 24.3 Å². The highest BCUT2D eigenvalue weighted by molar-refractivity contribution is 5.35. The lowest BCUT2D eigenvalue weighted by Crippen LogP contribution is -2.49. The summed E-state index contributed by atoms with van der Waals surface area (Å²) < 4.78 is 49.4. The second-order valence-electron chi connectivity index (χ2n) is 4.18. The minimum absolute atomic E-state index is 0.167. The maximum atomic E-state index is 13.1. The van der Waals surface area contributed by atoms with Gasteiger partial charge in [0.15, 0.2) is 11.9 Å². The van der Waals surface area contributed by atoms with Gasteiger partial charge in [0.25, 0.3) is 0 Å². The molecule has 2 nitrogen and oxygen atoms in total. The molecule has 0 saturated carbocycles. The van der Waals surface area contributed by atoms with E-state index in [4.69, 9.17) is 9.47 Å². The lowest BCUT2D eigenvalue weighted by Gasteiger charge is -2.40. The highest BCUT2D eigenvalue weighted by Crippen LogP contribution is 2.46. The van der Waals surface area contributed by atoms with Gasteiger partial charge in [-0.2, -0.15) is 13.2 Å². The molecule has 1 aliphatic rings. The third-order valence-electron chi connectivity index (χ3n) is 3.09. The Morgan fingerprint density at radius 3 is 2.59 bits per heavy atom. The number of ether oxygens (including phenoxy) is 2. The number of alkyl halides is 3. The van der Waals surface area contributed by atoms with E-state index in [9.17, 15) is 13.2 Å². The molecule has 0 bridgehead atoms. The summed E-state index contributed by atoms with van der Waals surface area (Å²) >= 11 is 0. The first kappa shape index (κ1) is 12.4. The third kappa shape index (κ3) is 1.93. The van der Waals surface area contributed by atoms with Crippen molar-refractivity contribution in [1.82, 2.24) is 0 Å². The van der Waals surface area contributed by atoms with Crippen molar-refractivity contribution < 1.29 is 22.6 Å². The Hall–Kier alpha value is -1.07. The van der Waals surface area contributed by atoms with Gasteiger partial charge in [-0.15, -0.1) is 0 Å². The van der Waals surface area contributed by atoms with E-state index in [1.807, 2.05) is 0 Å². The maximum Gasteiger partial charge on any atom is 0.421 e. The molecule has 5 heteroatoms. The van der Waals surface area contributed by atoms with Crippen molar-refractivity contribution in [3.05, 3.63) is 35.4 Å². The average Bonchev–Trinajstić information content (AvgIpc) is 2.27. The van der Waals surface area contributed by atoms with Gasteiger partial charge in [-0.05, 0) is 18.1 Å². The number of hydrogen-bond donors (Lipinski definition) is 0. The SMILES string of the molecule is COC1Cc2ccccc2[C@](C)(C(F)(F)F)O1. The first-order valence-corrected chi connectivity index (χ1v) is 5.24. The first-order valence-electron chi connectivity index (χ1n) is 5.24. The number of methoxy groups -OCH3 is 1. The molecule has 2 rings (SSSR count). The Labute approximate surface area is 97.3 Å². The molecule has 0 saturated heterocycles. The molecule has 1 aromatic rings. The van der Waals surface area contributed by atoms with Crippen molar-refractivity contribution in [2.75, 3.05) is 7.11 Å². The first-order chi connectivity index (χ1) is 7.88. The molecular formula is C12H13F3O2. The minimum atomic E-state index is -4.47. The van der Waals surface area contributed by atoms with Crippen LogP contribution >= 0.6 is 0 Å². The van der Waals surface area contributed by atoms with Crippen LogP contribution in [-0.4, -0.2) is 19.6 Å². The van der Waals surface area contributed by atoms with Crippen molar-refractivity contribution in [3.63, 3.8) is 0 Å². The third-order valence-corrected chi connectivity index (χ3v) is 3.09. The molecule has 0 fully saturated rings. The summed E-state index contributed by atoms with van der Waals surface area (Å²) in [6, 6.07) is 6.43. The predicted molar refractivity (Wildman–Crippen MR) is 55.4 cm³/mol. The molecule has 17 heavy (non-hydrogen) atoms. The predicted octanol–water partition coefficient (Wildman–Crippen LogP) is 3.01. The molecule has 1 aromatic carbocycles. The van der Waals surface area contributed by atoms with Crippen molar-refractivity contribution in [1.29, 1.82) is 0 Å². The van der Waals surface area contributed by atoms with Crippen LogP contribution in [0.1, 0.15) is 18.1 Å². The minimum Gasteiger partial charge on any atom is -0.355 e. The lowest BCUT2D eigenvalue weighted by molar-refractivity contribution is -0.326. The molecule has 94 valence electrons. The Morgan fingerprint density at radius 2 is 2.00 bits per heavy atom. The second kappa shape index (κ2) is 3.99. The number of benzene rings is 1. The summed E-state index contributed by atoms with van der Waals surface area (Å²) in [4.78, 5) is 0. The number of fused-ring (bicyclic) bond motifs is 1. The van der Waals surface area contributed by atoms with Crippen LogP contribution in [0.25, 0.3) is 0 Å². The molecule has 0 radical (unpaired) electrons. The Bertz CT molecular complexity index is 416. The summed E-state index contributed by atoms with van der Waals surface area (Å²) in [5.41, 5.74) is -1.52. The molecule has 0 aliphatic carbocycles. The molecule has 1 heterocycles. The van der Waals surface area contributed by atoms with Crippen LogP contribution in [0.5, 0.6) is 0 Å². The molecular weight excluding hydrogens is 233 g/mol. The summed E-state index contributed by atoms with van der Waals surface area (Å²) in [6.45, 7) is 1.04. The zero-order valence-electron chi connectivity index (χ0n) is 9.54. The van der Waals surface area contributed by atoms with E-state index in [2.05, 4.69) is 0 Å². The van der Waals surface area contributed by atoms with E-state index < -0.39 is 18.1 Å². The Kier molecular flexibility index (Phi) is 2.91. The molecule has 0 N–H and O–H groups in total. The van der Waals surface area contributed by atoms with E-state index >= 15 is 0 Å². The molecule has 1 aliphatic heterocycles. The monoisotopic (exact) mass is 246 g/mol. The van der Waals surface area contributed by atoms with Crippen molar-refractivity contribution in [3.8, 4) is 0 Å². The van der Waals surface area contributed by atoms with Gasteiger partial charge in [0, 0.05) is 13.5 Å². The van der Waals surface area contributed by atoms with E-state index in [-0.39, 0.29) is 5.56 Å². The topological polar surface area (TPSA) is 18.5 Å². The fraction of sp³-hybridized carbons (Fsp3) is 0.500. The van der Waals surface area contributed by atoms with Crippen molar-refractivity contribution in [2.45, 2.75) is 31.4 Å². The van der Waals surface area contributed by atoms with Gasteiger partial charge >= 0.3 is 6.18 Å². The summed E-state index contributed by atoms with van der Waals surface area (Å²) in [6.07, 6.45) is -5.00. The standard InChI is InChI=1S/C12H13F3O2/c1-11(12(13,14)15)9-6-4-3-5-8(9)7-10(16-2)17-11/h3-6,10H,7H2,1-2H3/t10?,11-/m1/s1. The zero-order valence-corrected chi connectivity index (χ0v) is 9.54. The van der Waals surface area contributed by atoms with Crippen molar-refractivity contribution in [2.24, 2.45) is 0 Å². The van der Waals surface area contributed by atoms with Gasteiger partial charge in [-0.3, -0.25) is 0 Å². The average molecular weight is 246 g/mol. The number of hydrogen-bond acceptors (Lipinski definition) is 2. The molecule has 2 atom stereocenters. The van der Waals surface area contributed by atoms with Crippen molar-refractivity contribution >= 4 is 0 Å². The highest BCUT2D eigenvalue weighted by atomic mass is 19.4. The maximum absolute atomic E-state index is 13.1. The van der Waals surface area contributed by atoms with E-state index in [1.54, 1.807) is 18.2 Å². The summed E-state index contributed by atoms with van der Waals surface area (Å²) in [5, 5.41) is 0. The highest BCUT2D eigenvalue weighted by Gasteiger charge is 2.57. The second-order valence-corrected chi connectivity index (χ2v) is 4.18. The van der Waals surface area contributed by atoms with Crippen LogP contribution in [-0.2, 0) is 21.5 Å². The summed E-state index contributed by atoms with van der Waals surface area (Å²) in [5.74, 6) is 0. The van der Waals surface area contributed by atoms with Gasteiger partial charge < -0.3 is 9.47 Å². The normalized spacial score (nSPS) is 28.9. The molecule has 0 spiro atoms. The number of halogens is 3. The van der Waals surface area contributed by atoms with Crippen LogP contribution in [0, 0.1) is 0 Å². The quantitative estimate of drug-likeness (QED) is 0.758. The van der Waals surface area contributed by atoms with E-state index in [0.717, 1.165) is 6.92 Å². The van der Waals surface area contributed by atoms with Crippen LogP contribution in [0.3, 0.4) is 0 Å². The van der Waals surface area contributed by atoms with Crippen LogP contribution < -0.4 is 0 Å².